The number of rotatable bonds is 3. The van der Waals surface area contributed by atoms with Gasteiger partial charge in [-0.1, -0.05) is 0 Å². The van der Waals surface area contributed by atoms with Crippen LogP contribution < -0.4 is 17.0 Å². The standard InChI is InChI=1S/C17H21N5O/c1-9-15-16(21-20-9)13-7-10-5-12(19)6-11(10)8-14(13)22(17(15)23)4-2-3-18/h7-8,12H,2-6,18-19H2,1H3,(H,20,21). The number of nitrogens with two attached hydrogens (primary N) is 2. The van der Waals surface area contributed by atoms with E-state index >= 15 is 0 Å². The molecule has 6 heteroatoms. The zero-order valence-electron chi connectivity index (χ0n) is 13.2. The third kappa shape index (κ3) is 2.09. The zero-order chi connectivity index (χ0) is 16.1. The van der Waals surface area contributed by atoms with Crippen LogP contribution in [-0.2, 0) is 19.4 Å². The summed E-state index contributed by atoms with van der Waals surface area (Å²) >= 11 is 0. The van der Waals surface area contributed by atoms with E-state index in [0.29, 0.717) is 18.5 Å². The van der Waals surface area contributed by atoms with Crippen LogP contribution in [0, 0.1) is 6.92 Å². The molecule has 6 nitrogen and oxygen atoms in total. The third-order valence-electron chi connectivity index (χ3n) is 4.82. The highest BCUT2D eigenvalue weighted by Gasteiger charge is 2.22. The van der Waals surface area contributed by atoms with E-state index in [1.165, 1.54) is 11.1 Å². The zero-order valence-corrected chi connectivity index (χ0v) is 13.2. The number of aromatic amines is 1. The van der Waals surface area contributed by atoms with Crippen molar-refractivity contribution in [1.82, 2.24) is 14.8 Å². The van der Waals surface area contributed by atoms with E-state index in [0.717, 1.165) is 41.4 Å². The number of fused-ring (bicyclic) bond motifs is 4. The lowest BCUT2D eigenvalue weighted by atomic mass is 10.0. The maximum Gasteiger partial charge on any atom is 0.262 e. The molecule has 0 fully saturated rings. The van der Waals surface area contributed by atoms with Crippen LogP contribution in [0.1, 0.15) is 23.2 Å². The second-order valence-electron chi connectivity index (χ2n) is 6.48. The normalized spacial score (nSPS) is 17.3. The Balaban J connectivity index is 2.10. The number of hydrogen-bond donors (Lipinski definition) is 3. The van der Waals surface area contributed by atoms with Crippen molar-refractivity contribution in [1.29, 1.82) is 0 Å². The van der Waals surface area contributed by atoms with Crippen LogP contribution in [0.3, 0.4) is 0 Å². The molecule has 2 heterocycles. The van der Waals surface area contributed by atoms with Gasteiger partial charge in [0, 0.05) is 23.7 Å². The number of aryl methyl sites for hydroxylation is 2. The molecule has 1 aliphatic rings. The van der Waals surface area contributed by atoms with Crippen molar-refractivity contribution in [3.63, 3.8) is 0 Å². The molecule has 0 amide bonds. The minimum atomic E-state index is 0.00875. The largest absolute Gasteiger partial charge is 0.330 e. The maximum atomic E-state index is 12.9. The quantitative estimate of drug-likeness (QED) is 0.670. The second kappa shape index (κ2) is 5.18. The Morgan fingerprint density at radius 1 is 1.35 bits per heavy atom. The molecule has 1 atom stereocenters. The van der Waals surface area contributed by atoms with Gasteiger partial charge in [0.25, 0.3) is 5.56 Å². The first kappa shape index (κ1) is 14.4. The number of benzene rings is 1. The van der Waals surface area contributed by atoms with Gasteiger partial charge in [-0.15, -0.1) is 0 Å². The Morgan fingerprint density at radius 3 is 2.83 bits per heavy atom. The summed E-state index contributed by atoms with van der Waals surface area (Å²) in [5.41, 5.74) is 16.8. The van der Waals surface area contributed by atoms with Crippen molar-refractivity contribution < 1.29 is 0 Å². The van der Waals surface area contributed by atoms with Crippen LogP contribution >= 0.6 is 0 Å². The van der Waals surface area contributed by atoms with E-state index < -0.39 is 0 Å². The van der Waals surface area contributed by atoms with Crippen molar-refractivity contribution in [3.05, 3.63) is 39.3 Å². The van der Waals surface area contributed by atoms with Crippen LogP contribution in [0.15, 0.2) is 16.9 Å². The highest BCUT2D eigenvalue weighted by Crippen LogP contribution is 2.30. The number of aromatic nitrogens is 3. The molecular formula is C17H21N5O. The highest BCUT2D eigenvalue weighted by atomic mass is 16.1. The minimum absolute atomic E-state index is 0.00875. The van der Waals surface area contributed by atoms with Gasteiger partial charge in [0.2, 0.25) is 0 Å². The van der Waals surface area contributed by atoms with E-state index in [4.69, 9.17) is 11.5 Å². The molecule has 2 aromatic heterocycles. The number of nitrogens with one attached hydrogen (secondary N) is 1. The SMILES string of the molecule is Cc1[nH]nc2c1c(=O)n(CCCN)c1cc3c(cc21)CC(N)C3. The molecule has 4 rings (SSSR count). The summed E-state index contributed by atoms with van der Waals surface area (Å²) < 4.78 is 1.84. The van der Waals surface area contributed by atoms with Crippen molar-refractivity contribution in [3.8, 4) is 0 Å². The van der Waals surface area contributed by atoms with Crippen LogP contribution in [-0.4, -0.2) is 27.4 Å². The van der Waals surface area contributed by atoms with Gasteiger partial charge < -0.3 is 16.0 Å². The van der Waals surface area contributed by atoms with Gasteiger partial charge in [-0.2, -0.15) is 5.10 Å². The average Bonchev–Trinajstić information content (AvgIpc) is 3.07. The molecule has 1 aromatic carbocycles. The number of H-pyrrole nitrogens is 1. The Kier molecular flexibility index (Phi) is 3.25. The predicted molar refractivity (Wildman–Crippen MR) is 91.7 cm³/mol. The van der Waals surface area contributed by atoms with E-state index in [9.17, 15) is 4.79 Å². The smallest absolute Gasteiger partial charge is 0.262 e. The molecule has 0 aliphatic heterocycles. The lowest BCUT2D eigenvalue weighted by Crippen LogP contribution is -2.22. The second-order valence-corrected chi connectivity index (χ2v) is 6.48. The van der Waals surface area contributed by atoms with E-state index in [2.05, 4.69) is 22.3 Å². The molecule has 0 bridgehead atoms. The topological polar surface area (TPSA) is 103 Å². The highest BCUT2D eigenvalue weighted by molar-refractivity contribution is 6.04. The first-order valence-electron chi connectivity index (χ1n) is 8.08. The van der Waals surface area contributed by atoms with Crippen LogP contribution in [0.25, 0.3) is 21.8 Å². The van der Waals surface area contributed by atoms with Crippen LogP contribution in [0.2, 0.25) is 0 Å². The summed E-state index contributed by atoms with van der Waals surface area (Å²) in [4.78, 5) is 12.9. The molecule has 5 N–H and O–H groups in total. The summed E-state index contributed by atoms with van der Waals surface area (Å²) in [5, 5.41) is 9.04. The van der Waals surface area contributed by atoms with Crippen molar-refractivity contribution >= 4 is 21.8 Å². The molecule has 120 valence electrons. The number of nitrogens with zero attached hydrogens (tertiary/aromatic N) is 2. The van der Waals surface area contributed by atoms with Gasteiger partial charge in [-0.25, -0.2) is 0 Å². The molecule has 1 unspecified atom stereocenters. The summed E-state index contributed by atoms with van der Waals surface area (Å²) in [7, 11) is 0. The van der Waals surface area contributed by atoms with Crippen LogP contribution in [0.4, 0.5) is 0 Å². The maximum absolute atomic E-state index is 12.9. The van der Waals surface area contributed by atoms with Gasteiger partial charge in [-0.3, -0.25) is 9.89 Å². The van der Waals surface area contributed by atoms with Gasteiger partial charge in [-0.05, 0) is 56.0 Å². The van der Waals surface area contributed by atoms with E-state index in [1.54, 1.807) is 0 Å². The van der Waals surface area contributed by atoms with Crippen LogP contribution in [0.5, 0.6) is 0 Å². The third-order valence-corrected chi connectivity index (χ3v) is 4.82. The van der Waals surface area contributed by atoms with Gasteiger partial charge in [0.1, 0.15) is 5.52 Å². The lowest BCUT2D eigenvalue weighted by molar-refractivity contribution is 0.653. The van der Waals surface area contributed by atoms with Crippen molar-refractivity contribution in [2.75, 3.05) is 6.54 Å². The molecule has 23 heavy (non-hydrogen) atoms. The number of hydrogen-bond acceptors (Lipinski definition) is 4. The molecule has 3 aromatic rings. The predicted octanol–water partition coefficient (Wildman–Crippen LogP) is 0.961. The fraction of sp³-hybridized carbons (Fsp3) is 0.412. The summed E-state index contributed by atoms with van der Waals surface area (Å²) in [6.07, 6.45) is 2.53. The molecule has 0 radical (unpaired) electrons. The minimum Gasteiger partial charge on any atom is -0.330 e. The van der Waals surface area contributed by atoms with Crippen molar-refractivity contribution in [2.24, 2.45) is 11.5 Å². The van der Waals surface area contributed by atoms with Gasteiger partial charge in [0.05, 0.1) is 10.9 Å². The Hall–Kier alpha value is -2.18. The summed E-state index contributed by atoms with van der Waals surface area (Å²) in [5.74, 6) is 0. The van der Waals surface area contributed by atoms with Gasteiger partial charge in [0.15, 0.2) is 0 Å². The first-order chi connectivity index (χ1) is 11.1. The summed E-state index contributed by atoms with van der Waals surface area (Å²) in [6.45, 7) is 3.07. The fourth-order valence-electron chi connectivity index (χ4n) is 3.71. The Morgan fingerprint density at radius 2 is 2.09 bits per heavy atom. The van der Waals surface area contributed by atoms with E-state index in [-0.39, 0.29) is 11.6 Å². The van der Waals surface area contributed by atoms with Gasteiger partial charge >= 0.3 is 0 Å². The number of pyridine rings is 1. The molecule has 0 spiro atoms. The molecule has 0 saturated heterocycles. The summed E-state index contributed by atoms with van der Waals surface area (Å²) in [6, 6.07) is 4.46. The molecule has 1 aliphatic carbocycles. The lowest BCUT2D eigenvalue weighted by Gasteiger charge is -2.12. The van der Waals surface area contributed by atoms with E-state index in [1.807, 2.05) is 11.5 Å². The average molecular weight is 311 g/mol. The Bertz CT molecular complexity index is 969. The first-order valence-corrected chi connectivity index (χ1v) is 8.08. The fourth-order valence-corrected chi connectivity index (χ4v) is 3.71. The molecular weight excluding hydrogens is 290 g/mol. The monoisotopic (exact) mass is 311 g/mol. The Labute approximate surface area is 133 Å². The molecule has 0 saturated carbocycles. The van der Waals surface area contributed by atoms with Crippen molar-refractivity contribution in [2.45, 2.75) is 38.8 Å².